The highest BCUT2D eigenvalue weighted by molar-refractivity contribution is 5.95. The van der Waals surface area contributed by atoms with Crippen LogP contribution >= 0.6 is 0 Å². The topological polar surface area (TPSA) is 107 Å². The van der Waals surface area contributed by atoms with Gasteiger partial charge in [-0.3, -0.25) is 9.59 Å². The maximum Gasteiger partial charge on any atom is 0.271 e. The summed E-state index contributed by atoms with van der Waals surface area (Å²) in [6.45, 7) is 4.73. The van der Waals surface area contributed by atoms with Crippen molar-refractivity contribution < 1.29 is 28.5 Å². The van der Waals surface area contributed by atoms with Gasteiger partial charge in [0.25, 0.3) is 11.8 Å². The molecule has 0 fully saturated rings. The van der Waals surface area contributed by atoms with Crippen molar-refractivity contribution in [3.8, 4) is 23.0 Å². The van der Waals surface area contributed by atoms with Crippen molar-refractivity contribution in [2.45, 2.75) is 20.5 Å². The van der Waals surface area contributed by atoms with Crippen molar-refractivity contribution in [3.05, 3.63) is 114 Å². The van der Waals surface area contributed by atoms with E-state index >= 15 is 0 Å². The molecule has 42 heavy (non-hydrogen) atoms. The summed E-state index contributed by atoms with van der Waals surface area (Å²) in [5.41, 5.74) is 5.28. The largest absolute Gasteiger partial charge is 0.490 e. The number of hydrogen-bond acceptors (Lipinski definition) is 7. The van der Waals surface area contributed by atoms with Gasteiger partial charge in [0.15, 0.2) is 29.6 Å². The Balaban J connectivity index is 1.35. The summed E-state index contributed by atoms with van der Waals surface area (Å²) in [5, 5.41) is 6.86. The summed E-state index contributed by atoms with van der Waals surface area (Å²) in [5.74, 6) is 1.19. The minimum atomic E-state index is -0.406. The molecule has 0 spiro atoms. The Morgan fingerprint density at radius 3 is 2.07 bits per heavy atom. The number of para-hydroxylation sites is 1. The number of nitrogens with one attached hydrogen (secondary N) is 2. The van der Waals surface area contributed by atoms with Crippen molar-refractivity contribution in [2.75, 3.05) is 25.1 Å². The lowest BCUT2D eigenvalue weighted by atomic mass is 10.2. The summed E-state index contributed by atoms with van der Waals surface area (Å²) in [4.78, 5) is 25.0. The Kier molecular flexibility index (Phi) is 10.9. The third-order valence-corrected chi connectivity index (χ3v) is 5.81. The smallest absolute Gasteiger partial charge is 0.271 e. The molecule has 9 nitrogen and oxygen atoms in total. The first kappa shape index (κ1) is 29.7. The van der Waals surface area contributed by atoms with Crippen LogP contribution in [-0.2, 0) is 11.4 Å². The maximum atomic E-state index is 12.8. The van der Waals surface area contributed by atoms with Gasteiger partial charge in [0.2, 0.25) is 0 Å². The zero-order valence-corrected chi connectivity index (χ0v) is 23.5. The van der Waals surface area contributed by atoms with E-state index in [1.807, 2.05) is 62.4 Å². The summed E-state index contributed by atoms with van der Waals surface area (Å²) in [7, 11) is 0. The van der Waals surface area contributed by atoms with E-state index in [1.54, 1.807) is 48.5 Å². The van der Waals surface area contributed by atoms with Crippen LogP contribution in [0.4, 0.5) is 5.69 Å². The van der Waals surface area contributed by atoms with Gasteiger partial charge in [0.1, 0.15) is 6.61 Å². The molecule has 0 saturated heterocycles. The zero-order chi connectivity index (χ0) is 29.6. The van der Waals surface area contributed by atoms with Crippen LogP contribution in [0, 0.1) is 0 Å². The first-order chi connectivity index (χ1) is 20.6. The summed E-state index contributed by atoms with van der Waals surface area (Å²) < 4.78 is 23.0. The van der Waals surface area contributed by atoms with E-state index < -0.39 is 5.91 Å². The lowest BCUT2D eigenvalue weighted by molar-refractivity contribution is -0.118. The molecule has 0 aromatic heterocycles. The molecule has 2 N–H and O–H groups in total. The van der Waals surface area contributed by atoms with Crippen molar-refractivity contribution >= 4 is 23.7 Å². The molecule has 4 rings (SSSR count). The molecule has 0 unspecified atom stereocenters. The normalized spacial score (nSPS) is 10.6. The molecule has 216 valence electrons. The van der Waals surface area contributed by atoms with E-state index in [4.69, 9.17) is 18.9 Å². The molecule has 0 aliphatic heterocycles. The number of anilines is 1. The van der Waals surface area contributed by atoms with Gasteiger partial charge in [0.05, 0.1) is 19.4 Å². The van der Waals surface area contributed by atoms with E-state index in [9.17, 15) is 9.59 Å². The monoisotopic (exact) mass is 567 g/mol. The Labute approximate surface area is 245 Å². The first-order valence-electron chi connectivity index (χ1n) is 13.6. The number of nitrogens with zero attached hydrogens (tertiary/aromatic N) is 1. The number of amides is 2. The molecule has 0 aliphatic carbocycles. The van der Waals surface area contributed by atoms with Gasteiger partial charge < -0.3 is 24.3 Å². The second-order valence-corrected chi connectivity index (χ2v) is 8.91. The standard InChI is InChI=1S/C33H33N3O6/c1-3-39-30-19-25(15-17-28(30)42-23-32(37)35-27-13-9-6-10-14-27)21-34-36-33(38)26-16-18-29(31(20-26)40-4-2)41-22-24-11-7-5-8-12-24/h5-21H,3-4,22-23H2,1-2H3,(H,35,37)(H,36,38)/b34-21+. The first-order valence-corrected chi connectivity index (χ1v) is 13.6. The molecule has 0 atom stereocenters. The quantitative estimate of drug-likeness (QED) is 0.146. The Morgan fingerprint density at radius 1 is 0.714 bits per heavy atom. The van der Waals surface area contributed by atoms with E-state index in [-0.39, 0.29) is 12.5 Å². The molecule has 4 aromatic rings. The predicted octanol–water partition coefficient (Wildman–Crippen LogP) is 5.84. The van der Waals surface area contributed by atoms with Crippen LogP contribution in [0.3, 0.4) is 0 Å². The number of carbonyl (C=O) groups excluding carboxylic acids is 2. The lowest BCUT2D eigenvalue weighted by Crippen LogP contribution is -2.20. The van der Waals surface area contributed by atoms with E-state index in [1.165, 1.54) is 6.21 Å². The molecule has 0 bridgehead atoms. The molecule has 0 radical (unpaired) electrons. The lowest BCUT2D eigenvalue weighted by Gasteiger charge is -2.13. The third-order valence-electron chi connectivity index (χ3n) is 5.81. The van der Waals surface area contributed by atoms with Crippen LogP contribution in [0.15, 0.2) is 102 Å². The van der Waals surface area contributed by atoms with Crippen LogP contribution in [-0.4, -0.2) is 37.8 Å². The number of rotatable bonds is 14. The van der Waals surface area contributed by atoms with E-state index in [2.05, 4.69) is 15.8 Å². The van der Waals surface area contributed by atoms with Crippen LogP contribution in [0.5, 0.6) is 23.0 Å². The fourth-order valence-corrected chi connectivity index (χ4v) is 3.86. The average molecular weight is 568 g/mol. The summed E-state index contributed by atoms with van der Waals surface area (Å²) in [6, 6.07) is 29.1. The molecule has 0 heterocycles. The summed E-state index contributed by atoms with van der Waals surface area (Å²) in [6.07, 6.45) is 1.49. The molecule has 9 heteroatoms. The van der Waals surface area contributed by atoms with E-state index in [0.717, 1.165) is 5.56 Å². The zero-order valence-electron chi connectivity index (χ0n) is 23.5. The maximum absolute atomic E-state index is 12.8. The Bertz CT molecular complexity index is 1490. The SMILES string of the molecule is CCOc1cc(/C=N/NC(=O)c2ccc(OCc3ccccc3)c(OCC)c2)ccc1OCC(=O)Nc1ccccc1. The van der Waals surface area contributed by atoms with Gasteiger partial charge in [0, 0.05) is 11.3 Å². The van der Waals surface area contributed by atoms with Gasteiger partial charge in [-0.2, -0.15) is 5.10 Å². The Morgan fingerprint density at radius 2 is 1.36 bits per heavy atom. The minimum absolute atomic E-state index is 0.182. The predicted molar refractivity (Wildman–Crippen MR) is 162 cm³/mol. The number of carbonyl (C=O) groups is 2. The van der Waals surface area contributed by atoms with Gasteiger partial charge in [-0.05, 0) is 73.5 Å². The third kappa shape index (κ3) is 8.85. The van der Waals surface area contributed by atoms with Crippen LogP contribution in [0.1, 0.15) is 35.3 Å². The van der Waals surface area contributed by atoms with Gasteiger partial charge in [-0.15, -0.1) is 0 Å². The van der Waals surface area contributed by atoms with Crippen LogP contribution < -0.4 is 29.7 Å². The minimum Gasteiger partial charge on any atom is -0.490 e. The fraction of sp³-hybridized carbons (Fsp3) is 0.182. The van der Waals surface area contributed by atoms with Crippen molar-refractivity contribution in [1.29, 1.82) is 0 Å². The molecular weight excluding hydrogens is 534 g/mol. The Hall–Kier alpha value is -5.31. The second kappa shape index (κ2) is 15.5. The highest BCUT2D eigenvalue weighted by atomic mass is 16.5. The van der Waals surface area contributed by atoms with Gasteiger partial charge in [-0.25, -0.2) is 5.43 Å². The van der Waals surface area contributed by atoms with Crippen LogP contribution in [0.2, 0.25) is 0 Å². The van der Waals surface area contributed by atoms with Crippen molar-refractivity contribution in [3.63, 3.8) is 0 Å². The van der Waals surface area contributed by atoms with Crippen molar-refractivity contribution in [2.24, 2.45) is 5.10 Å². The van der Waals surface area contributed by atoms with Gasteiger partial charge in [-0.1, -0.05) is 48.5 Å². The average Bonchev–Trinajstić information content (AvgIpc) is 3.01. The molecule has 2 amide bonds. The number of hydrazone groups is 1. The number of hydrogen-bond donors (Lipinski definition) is 2. The second-order valence-electron chi connectivity index (χ2n) is 8.91. The molecule has 0 saturated carbocycles. The van der Waals surface area contributed by atoms with Gasteiger partial charge >= 0.3 is 0 Å². The number of ether oxygens (including phenoxy) is 4. The highest BCUT2D eigenvalue weighted by Gasteiger charge is 2.13. The van der Waals surface area contributed by atoms with Crippen molar-refractivity contribution in [1.82, 2.24) is 5.43 Å². The van der Waals surface area contributed by atoms with E-state index in [0.29, 0.717) is 59.6 Å². The molecule has 0 aliphatic rings. The fourth-order valence-electron chi connectivity index (χ4n) is 3.86. The molecule has 4 aromatic carbocycles. The molecular formula is C33H33N3O6. The number of benzene rings is 4. The van der Waals surface area contributed by atoms with Crippen LogP contribution in [0.25, 0.3) is 0 Å². The summed E-state index contributed by atoms with van der Waals surface area (Å²) >= 11 is 0. The highest BCUT2D eigenvalue weighted by Crippen LogP contribution is 2.30.